The monoisotopic (exact) mass is 604 g/mol. The lowest BCUT2D eigenvalue weighted by atomic mass is 10.00. The summed E-state index contributed by atoms with van der Waals surface area (Å²) >= 11 is 0. The van der Waals surface area contributed by atoms with Gasteiger partial charge in [-0.25, -0.2) is 4.98 Å². The van der Waals surface area contributed by atoms with Crippen LogP contribution in [-0.2, 0) is 0 Å². The van der Waals surface area contributed by atoms with Crippen LogP contribution < -0.4 is 4.90 Å². The summed E-state index contributed by atoms with van der Waals surface area (Å²) in [5, 5.41) is 2.03. The van der Waals surface area contributed by atoms with Crippen LogP contribution in [-0.4, -0.2) is 4.98 Å². The highest BCUT2D eigenvalue weighted by Gasteiger charge is 2.18. The largest absolute Gasteiger partial charge is 0.456 e. The highest BCUT2D eigenvalue weighted by Crippen LogP contribution is 2.41. The van der Waals surface area contributed by atoms with Crippen LogP contribution in [0.1, 0.15) is 0 Å². The molecule has 7 aromatic carbocycles. The van der Waals surface area contributed by atoms with Gasteiger partial charge in [0.15, 0.2) is 5.58 Å². The minimum absolute atomic E-state index is 0.600. The lowest BCUT2D eigenvalue weighted by molar-refractivity contribution is 0.617. The number of hydrogen-bond acceptors (Lipinski definition) is 4. The molecule has 0 unspecified atom stereocenters. The van der Waals surface area contributed by atoms with Gasteiger partial charge in [-0.15, -0.1) is 0 Å². The molecule has 0 radical (unpaired) electrons. The molecule has 222 valence electrons. The Labute approximate surface area is 271 Å². The Kier molecular flexibility index (Phi) is 6.43. The second-order valence-electron chi connectivity index (χ2n) is 11.6. The fourth-order valence-corrected chi connectivity index (χ4v) is 6.36. The standard InChI is InChI=1S/C43H28N2O2/c1-4-11-29(12-5-1)30-19-21-31(22-20-30)33-15-10-18-35(25-33)45(34-16-8-3-9-17-34)36-23-24-40-37(26-36)38-27-39-42(28-41(38)46-40)47-43(44-39)32-13-6-2-7-14-32/h1-28H. The highest BCUT2D eigenvalue weighted by molar-refractivity contribution is 6.10. The summed E-state index contributed by atoms with van der Waals surface area (Å²) in [5.41, 5.74) is 12.0. The zero-order valence-corrected chi connectivity index (χ0v) is 25.4. The fourth-order valence-electron chi connectivity index (χ4n) is 6.36. The van der Waals surface area contributed by atoms with Gasteiger partial charge in [0.05, 0.1) is 0 Å². The molecule has 0 saturated heterocycles. The van der Waals surface area contributed by atoms with Gasteiger partial charge in [-0.3, -0.25) is 0 Å². The zero-order chi connectivity index (χ0) is 31.2. The molecule has 0 bridgehead atoms. The first-order valence-electron chi connectivity index (χ1n) is 15.7. The van der Waals surface area contributed by atoms with Gasteiger partial charge in [-0.05, 0) is 82.9 Å². The maximum Gasteiger partial charge on any atom is 0.227 e. The number of anilines is 3. The molecule has 0 amide bonds. The quantitative estimate of drug-likeness (QED) is 0.189. The predicted molar refractivity (Wildman–Crippen MR) is 192 cm³/mol. The summed E-state index contributed by atoms with van der Waals surface area (Å²) in [4.78, 5) is 7.11. The van der Waals surface area contributed by atoms with E-state index in [0.29, 0.717) is 11.5 Å². The van der Waals surface area contributed by atoms with Crippen LogP contribution in [0.15, 0.2) is 179 Å². The number of hydrogen-bond donors (Lipinski definition) is 0. The van der Waals surface area contributed by atoms with Crippen LogP contribution in [0, 0.1) is 0 Å². The van der Waals surface area contributed by atoms with E-state index in [1.165, 1.54) is 16.7 Å². The van der Waals surface area contributed by atoms with E-state index in [4.69, 9.17) is 13.8 Å². The van der Waals surface area contributed by atoms with Gasteiger partial charge in [0, 0.05) is 39.5 Å². The van der Waals surface area contributed by atoms with Gasteiger partial charge in [0.1, 0.15) is 16.7 Å². The smallest absolute Gasteiger partial charge is 0.227 e. The van der Waals surface area contributed by atoms with Crippen LogP contribution in [0.3, 0.4) is 0 Å². The van der Waals surface area contributed by atoms with Crippen molar-refractivity contribution in [1.29, 1.82) is 0 Å². The topological polar surface area (TPSA) is 42.4 Å². The van der Waals surface area contributed by atoms with Gasteiger partial charge in [-0.2, -0.15) is 0 Å². The van der Waals surface area contributed by atoms with Gasteiger partial charge in [0.2, 0.25) is 5.89 Å². The van der Waals surface area contributed by atoms with E-state index < -0.39 is 0 Å². The lowest BCUT2D eigenvalue weighted by Crippen LogP contribution is -2.09. The van der Waals surface area contributed by atoms with Crippen molar-refractivity contribution in [1.82, 2.24) is 4.98 Å². The zero-order valence-electron chi connectivity index (χ0n) is 25.4. The third-order valence-electron chi connectivity index (χ3n) is 8.69. The van der Waals surface area contributed by atoms with E-state index in [1.54, 1.807) is 0 Å². The van der Waals surface area contributed by atoms with E-state index in [-0.39, 0.29) is 0 Å². The summed E-state index contributed by atoms with van der Waals surface area (Å²) in [5.74, 6) is 0.600. The third-order valence-corrected chi connectivity index (χ3v) is 8.69. The number of fused-ring (bicyclic) bond motifs is 4. The van der Waals surface area contributed by atoms with Crippen molar-refractivity contribution in [2.24, 2.45) is 0 Å². The molecule has 9 rings (SSSR count). The molecular weight excluding hydrogens is 576 g/mol. The van der Waals surface area contributed by atoms with Crippen molar-refractivity contribution in [3.05, 3.63) is 170 Å². The second-order valence-corrected chi connectivity index (χ2v) is 11.6. The number of aromatic nitrogens is 1. The summed E-state index contributed by atoms with van der Waals surface area (Å²) in [7, 11) is 0. The average molecular weight is 605 g/mol. The van der Waals surface area contributed by atoms with Crippen LogP contribution in [0.25, 0.3) is 66.7 Å². The molecule has 2 heterocycles. The van der Waals surface area contributed by atoms with Crippen molar-refractivity contribution >= 4 is 50.1 Å². The summed E-state index contributed by atoms with van der Waals surface area (Å²) in [6.45, 7) is 0. The number of para-hydroxylation sites is 1. The highest BCUT2D eigenvalue weighted by atomic mass is 16.4. The first-order valence-corrected chi connectivity index (χ1v) is 15.7. The Balaban J connectivity index is 1.13. The SMILES string of the molecule is c1ccc(-c2ccc(-c3cccc(N(c4ccccc4)c4ccc5oc6cc7oc(-c8ccccc8)nc7cc6c5c4)c3)cc2)cc1. The minimum Gasteiger partial charge on any atom is -0.456 e. The minimum atomic E-state index is 0.600. The number of furan rings is 1. The number of oxazole rings is 1. The molecule has 9 aromatic rings. The summed E-state index contributed by atoms with van der Waals surface area (Å²) in [6.07, 6.45) is 0. The van der Waals surface area contributed by atoms with Gasteiger partial charge in [-0.1, -0.05) is 103 Å². The normalized spacial score (nSPS) is 11.4. The fraction of sp³-hybridized carbons (Fsp3) is 0. The Morgan fingerprint density at radius 1 is 0.362 bits per heavy atom. The van der Waals surface area contributed by atoms with E-state index in [1.807, 2.05) is 48.5 Å². The lowest BCUT2D eigenvalue weighted by Gasteiger charge is -2.26. The third kappa shape index (κ3) is 4.93. The van der Waals surface area contributed by atoms with Gasteiger partial charge in [0.25, 0.3) is 0 Å². The Hall–Kier alpha value is -6.39. The van der Waals surface area contributed by atoms with Gasteiger partial charge < -0.3 is 13.7 Å². The molecule has 0 aliphatic carbocycles. The molecule has 0 spiro atoms. The number of rotatable bonds is 6. The Morgan fingerprint density at radius 3 is 1.68 bits per heavy atom. The van der Waals surface area contributed by atoms with Crippen molar-refractivity contribution in [3.63, 3.8) is 0 Å². The molecule has 0 aliphatic heterocycles. The van der Waals surface area contributed by atoms with E-state index in [2.05, 4.69) is 126 Å². The molecule has 4 nitrogen and oxygen atoms in total. The number of nitrogens with zero attached hydrogens (tertiary/aromatic N) is 2. The van der Waals surface area contributed by atoms with E-state index in [0.717, 1.165) is 55.6 Å². The predicted octanol–water partition coefficient (Wildman–Crippen LogP) is 12.2. The molecule has 0 atom stereocenters. The Bertz CT molecular complexity index is 2500. The molecule has 0 N–H and O–H groups in total. The van der Waals surface area contributed by atoms with Crippen molar-refractivity contribution < 1.29 is 8.83 Å². The maximum absolute atomic E-state index is 6.33. The van der Waals surface area contributed by atoms with Crippen LogP contribution in [0.2, 0.25) is 0 Å². The maximum atomic E-state index is 6.33. The van der Waals surface area contributed by atoms with Crippen molar-refractivity contribution in [2.45, 2.75) is 0 Å². The van der Waals surface area contributed by atoms with E-state index >= 15 is 0 Å². The summed E-state index contributed by atoms with van der Waals surface area (Å²) in [6, 6.07) is 58.8. The molecule has 4 heteroatoms. The van der Waals surface area contributed by atoms with E-state index in [9.17, 15) is 0 Å². The van der Waals surface area contributed by atoms with Crippen LogP contribution in [0.5, 0.6) is 0 Å². The van der Waals surface area contributed by atoms with Crippen LogP contribution in [0.4, 0.5) is 17.1 Å². The van der Waals surface area contributed by atoms with Gasteiger partial charge >= 0.3 is 0 Å². The first-order chi connectivity index (χ1) is 23.3. The second kappa shape index (κ2) is 11.2. The molecule has 2 aromatic heterocycles. The van der Waals surface area contributed by atoms with Crippen molar-refractivity contribution in [2.75, 3.05) is 4.90 Å². The first kappa shape index (κ1) is 27.0. The average Bonchev–Trinajstić information content (AvgIpc) is 3.72. The molecule has 47 heavy (non-hydrogen) atoms. The number of benzene rings is 7. The molecule has 0 saturated carbocycles. The van der Waals surface area contributed by atoms with Crippen LogP contribution >= 0.6 is 0 Å². The summed E-state index contributed by atoms with van der Waals surface area (Å²) < 4.78 is 12.5. The van der Waals surface area contributed by atoms with Crippen molar-refractivity contribution in [3.8, 4) is 33.7 Å². The molecule has 0 aliphatic rings. The Morgan fingerprint density at radius 2 is 0.936 bits per heavy atom. The molecular formula is C43H28N2O2. The molecule has 0 fully saturated rings.